The molecule has 0 atom stereocenters. The summed E-state index contributed by atoms with van der Waals surface area (Å²) in [6.07, 6.45) is 2.37. The van der Waals surface area contributed by atoms with E-state index in [0.717, 1.165) is 17.1 Å². The molecule has 284 valence electrons. The van der Waals surface area contributed by atoms with Gasteiger partial charge in [-0.2, -0.15) is 0 Å². The zero-order valence-electron chi connectivity index (χ0n) is 33.8. The molecular formula is C59H43N. The second kappa shape index (κ2) is 14.4. The molecule has 0 N–H and O–H groups in total. The maximum atomic E-state index is 2.38. The number of nitrogens with zero attached hydrogens (tertiary/aromatic N) is 1. The van der Waals surface area contributed by atoms with Gasteiger partial charge in [-0.1, -0.05) is 184 Å². The van der Waals surface area contributed by atoms with Crippen molar-refractivity contribution in [3.8, 4) is 33.4 Å². The lowest BCUT2D eigenvalue weighted by Crippen LogP contribution is -2.16. The molecule has 0 bridgehead atoms. The predicted octanol–water partition coefficient (Wildman–Crippen LogP) is 16.4. The second-order valence-electron chi connectivity index (χ2n) is 16.6. The molecule has 10 aromatic rings. The lowest BCUT2D eigenvalue weighted by molar-refractivity contribution is 0.704. The van der Waals surface area contributed by atoms with Crippen molar-refractivity contribution < 1.29 is 0 Å². The van der Waals surface area contributed by atoms with Crippen LogP contribution in [0.1, 0.15) is 30.5 Å². The molecular weight excluding hydrogens is 723 g/mol. The van der Waals surface area contributed by atoms with Crippen LogP contribution in [0, 0.1) is 0 Å². The quantitative estimate of drug-likeness (QED) is 0.146. The number of hydrogen-bond acceptors (Lipinski definition) is 1. The highest BCUT2D eigenvalue weighted by atomic mass is 15.1. The van der Waals surface area contributed by atoms with Gasteiger partial charge in [-0.05, 0) is 143 Å². The topological polar surface area (TPSA) is 3.24 Å². The Morgan fingerprint density at radius 1 is 0.333 bits per heavy atom. The van der Waals surface area contributed by atoms with Crippen LogP contribution in [0.5, 0.6) is 0 Å². The summed E-state index contributed by atoms with van der Waals surface area (Å²) in [5.41, 5.74) is 15.8. The highest BCUT2D eigenvalue weighted by Crippen LogP contribution is 2.47. The summed E-state index contributed by atoms with van der Waals surface area (Å²) in [5, 5.41) is 7.61. The van der Waals surface area contributed by atoms with Gasteiger partial charge in [0.05, 0.1) is 0 Å². The summed E-state index contributed by atoms with van der Waals surface area (Å²) in [7, 11) is 0. The van der Waals surface area contributed by atoms with Gasteiger partial charge in [-0.25, -0.2) is 0 Å². The molecule has 0 fully saturated rings. The van der Waals surface area contributed by atoms with E-state index in [4.69, 9.17) is 0 Å². The summed E-state index contributed by atoms with van der Waals surface area (Å²) < 4.78 is 0. The van der Waals surface area contributed by atoms with Gasteiger partial charge in [-0.3, -0.25) is 0 Å². The molecule has 0 saturated heterocycles. The number of benzene rings is 10. The Morgan fingerprint density at radius 2 is 0.800 bits per heavy atom. The van der Waals surface area contributed by atoms with Crippen molar-refractivity contribution in [2.75, 3.05) is 4.90 Å². The highest BCUT2D eigenvalue weighted by molar-refractivity contribution is 6.13. The minimum absolute atomic E-state index is 0.0654. The molecule has 1 aliphatic rings. The standard InChI is InChI=1S/C59H43N/c1-59(2)57-18-10-6-14-49(57)39-58(59)45-29-35-52(36-30-45)60(51-33-27-44(28-34-51)56-38-48-13-5-7-15-53(48)54-16-8-9-17-55(54)56)50-31-25-42(26-32-50)41-19-21-43(22-20-41)47-24-23-40-11-3-4-12-46(40)37-47/h3-39H,1-2H3. The van der Waals surface area contributed by atoms with Crippen molar-refractivity contribution >= 4 is 61.0 Å². The Kier molecular flexibility index (Phi) is 8.57. The summed E-state index contributed by atoms with van der Waals surface area (Å²) in [6.45, 7) is 4.67. The summed E-state index contributed by atoms with van der Waals surface area (Å²) in [4.78, 5) is 2.38. The van der Waals surface area contributed by atoms with Crippen molar-refractivity contribution in [1.29, 1.82) is 0 Å². The maximum Gasteiger partial charge on any atom is 0.0462 e. The molecule has 0 spiro atoms. The van der Waals surface area contributed by atoms with Crippen LogP contribution in [0.2, 0.25) is 0 Å². The van der Waals surface area contributed by atoms with Crippen LogP contribution in [-0.2, 0) is 5.41 Å². The van der Waals surface area contributed by atoms with E-state index < -0.39 is 0 Å². The Hall–Kier alpha value is -7.48. The highest BCUT2D eigenvalue weighted by Gasteiger charge is 2.33. The third kappa shape index (κ3) is 6.19. The van der Waals surface area contributed by atoms with Crippen LogP contribution in [0.4, 0.5) is 17.1 Å². The van der Waals surface area contributed by atoms with E-state index in [1.54, 1.807) is 0 Å². The van der Waals surface area contributed by atoms with E-state index in [2.05, 4.69) is 243 Å². The first kappa shape index (κ1) is 35.7. The Labute approximate surface area is 352 Å². The number of hydrogen-bond donors (Lipinski definition) is 0. The molecule has 10 aromatic carbocycles. The molecule has 0 heterocycles. The predicted molar refractivity (Wildman–Crippen MR) is 257 cm³/mol. The third-order valence-corrected chi connectivity index (χ3v) is 12.7. The largest absolute Gasteiger partial charge is 0.311 e. The van der Waals surface area contributed by atoms with E-state index >= 15 is 0 Å². The molecule has 1 nitrogen and oxygen atoms in total. The van der Waals surface area contributed by atoms with Gasteiger partial charge in [0.1, 0.15) is 0 Å². The monoisotopic (exact) mass is 765 g/mol. The molecule has 0 aliphatic heterocycles. The lowest BCUT2D eigenvalue weighted by Gasteiger charge is -2.28. The van der Waals surface area contributed by atoms with Crippen LogP contribution in [0.15, 0.2) is 218 Å². The second-order valence-corrected chi connectivity index (χ2v) is 16.6. The number of anilines is 3. The smallest absolute Gasteiger partial charge is 0.0462 e. The Balaban J connectivity index is 0.950. The van der Waals surface area contributed by atoms with E-state index in [9.17, 15) is 0 Å². The Bertz CT molecular complexity index is 3240. The SMILES string of the molecule is CC1(C)C(c2ccc(N(c3ccc(-c4ccc(-c5ccc6ccccc6c5)cc4)cc3)c3ccc(-c4cc5ccccc5c5ccccc45)cc3)cc2)=Cc2ccccc21. The van der Waals surface area contributed by atoms with Gasteiger partial charge in [0.2, 0.25) is 0 Å². The minimum atomic E-state index is -0.0654. The Morgan fingerprint density at radius 3 is 1.45 bits per heavy atom. The lowest BCUT2D eigenvalue weighted by atomic mass is 9.78. The van der Waals surface area contributed by atoms with Gasteiger partial charge < -0.3 is 4.90 Å². The van der Waals surface area contributed by atoms with Crippen LogP contribution in [-0.4, -0.2) is 0 Å². The molecule has 1 aliphatic carbocycles. The molecule has 60 heavy (non-hydrogen) atoms. The first-order valence-corrected chi connectivity index (χ1v) is 20.9. The van der Waals surface area contributed by atoms with Gasteiger partial charge in [0.15, 0.2) is 0 Å². The summed E-state index contributed by atoms with van der Waals surface area (Å²) in [5.74, 6) is 0. The number of fused-ring (bicyclic) bond motifs is 5. The average Bonchev–Trinajstić information content (AvgIpc) is 3.59. The zero-order valence-corrected chi connectivity index (χ0v) is 33.8. The zero-order chi connectivity index (χ0) is 40.2. The molecule has 0 aromatic heterocycles. The average molecular weight is 766 g/mol. The first-order valence-electron chi connectivity index (χ1n) is 20.9. The first-order chi connectivity index (χ1) is 29.5. The van der Waals surface area contributed by atoms with Crippen molar-refractivity contribution in [2.24, 2.45) is 0 Å². The summed E-state index contributed by atoms with van der Waals surface area (Å²) >= 11 is 0. The molecule has 1 heteroatoms. The van der Waals surface area contributed by atoms with Gasteiger partial charge in [0, 0.05) is 22.5 Å². The van der Waals surface area contributed by atoms with Crippen molar-refractivity contribution in [2.45, 2.75) is 19.3 Å². The molecule has 11 rings (SSSR count). The van der Waals surface area contributed by atoms with Crippen LogP contribution in [0.3, 0.4) is 0 Å². The van der Waals surface area contributed by atoms with E-state index in [-0.39, 0.29) is 5.41 Å². The molecule has 0 amide bonds. The van der Waals surface area contributed by atoms with Crippen molar-refractivity contribution in [3.05, 3.63) is 235 Å². The van der Waals surface area contributed by atoms with E-state index in [0.29, 0.717) is 0 Å². The van der Waals surface area contributed by atoms with Crippen molar-refractivity contribution in [3.63, 3.8) is 0 Å². The fraction of sp³-hybridized carbons (Fsp3) is 0.0508. The van der Waals surface area contributed by atoms with Crippen LogP contribution < -0.4 is 4.90 Å². The van der Waals surface area contributed by atoms with Gasteiger partial charge >= 0.3 is 0 Å². The number of rotatable bonds is 7. The van der Waals surface area contributed by atoms with E-state index in [1.165, 1.54) is 88.0 Å². The fourth-order valence-corrected chi connectivity index (χ4v) is 9.46. The minimum Gasteiger partial charge on any atom is -0.311 e. The molecule has 0 saturated carbocycles. The van der Waals surface area contributed by atoms with Gasteiger partial charge in [0.25, 0.3) is 0 Å². The van der Waals surface area contributed by atoms with Crippen LogP contribution >= 0.6 is 0 Å². The van der Waals surface area contributed by atoms with E-state index in [1.807, 2.05) is 0 Å². The third-order valence-electron chi connectivity index (χ3n) is 12.7. The fourth-order valence-electron chi connectivity index (χ4n) is 9.46. The number of allylic oxidation sites excluding steroid dienone is 1. The molecule has 0 unspecified atom stereocenters. The maximum absolute atomic E-state index is 2.38. The van der Waals surface area contributed by atoms with Gasteiger partial charge in [-0.15, -0.1) is 0 Å². The normalized spacial score (nSPS) is 13.1. The molecule has 0 radical (unpaired) electrons. The van der Waals surface area contributed by atoms with Crippen LogP contribution in [0.25, 0.3) is 77.3 Å². The van der Waals surface area contributed by atoms with Crippen molar-refractivity contribution in [1.82, 2.24) is 0 Å². The summed E-state index contributed by atoms with van der Waals surface area (Å²) in [6, 6.07) is 80.0.